The molecule has 1 aliphatic carbocycles. The normalized spacial score (nSPS) is 14.1. The summed E-state index contributed by atoms with van der Waals surface area (Å²) in [4.78, 5) is 29.2. The Morgan fingerprint density at radius 3 is 2.58 bits per heavy atom. The molecule has 0 radical (unpaired) electrons. The van der Waals surface area contributed by atoms with Gasteiger partial charge in [0, 0.05) is 45.1 Å². The predicted molar refractivity (Wildman–Crippen MR) is 102 cm³/mol. The highest BCUT2D eigenvalue weighted by molar-refractivity contribution is 5.86. The minimum atomic E-state index is 0.0171. The molecule has 6 heteroatoms. The standard InChI is InChI=1S/C20H33N3O3/c1-4-5-12-22(15-18-10-7-11-21(18)2)19(24)16-23(13-14-26-3)20(25)17-8-6-9-17/h7,10-11,17H,4-6,8-9,12-16H2,1-3H3. The zero-order chi connectivity index (χ0) is 18.9. The summed E-state index contributed by atoms with van der Waals surface area (Å²) in [6.07, 6.45) is 6.98. The third-order valence-corrected chi connectivity index (χ3v) is 5.20. The number of aryl methyl sites for hydroxylation is 1. The summed E-state index contributed by atoms with van der Waals surface area (Å²) in [6.45, 7) is 4.50. The van der Waals surface area contributed by atoms with Gasteiger partial charge in [0.2, 0.25) is 11.8 Å². The molecule has 1 saturated carbocycles. The number of carbonyl (C=O) groups is 2. The number of carbonyl (C=O) groups excluding carboxylic acids is 2. The fourth-order valence-corrected chi connectivity index (χ4v) is 3.14. The van der Waals surface area contributed by atoms with Crippen molar-refractivity contribution in [3.05, 3.63) is 24.0 Å². The average Bonchev–Trinajstić information content (AvgIpc) is 2.98. The van der Waals surface area contributed by atoms with E-state index in [1.54, 1.807) is 12.0 Å². The van der Waals surface area contributed by atoms with Crippen LogP contribution in [0.2, 0.25) is 0 Å². The van der Waals surface area contributed by atoms with Gasteiger partial charge in [0.25, 0.3) is 0 Å². The molecule has 0 unspecified atom stereocenters. The Balaban J connectivity index is 2.03. The summed E-state index contributed by atoms with van der Waals surface area (Å²) in [6, 6.07) is 4.03. The van der Waals surface area contributed by atoms with E-state index >= 15 is 0 Å². The van der Waals surface area contributed by atoms with Crippen molar-refractivity contribution in [1.82, 2.24) is 14.4 Å². The lowest BCUT2D eigenvalue weighted by Gasteiger charge is -2.33. The van der Waals surface area contributed by atoms with Gasteiger partial charge in [-0.05, 0) is 31.4 Å². The number of aromatic nitrogens is 1. The number of hydrogen-bond acceptors (Lipinski definition) is 3. The molecule has 0 spiro atoms. The van der Waals surface area contributed by atoms with E-state index in [1.165, 1.54) is 0 Å². The Hall–Kier alpha value is -1.82. The SMILES string of the molecule is CCCCN(Cc1cccn1C)C(=O)CN(CCOC)C(=O)C1CCC1. The molecule has 0 atom stereocenters. The molecule has 0 N–H and O–H groups in total. The van der Waals surface area contributed by atoms with E-state index in [2.05, 4.69) is 6.92 Å². The zero-order valence-electron chi connectivity index (χ0n) is 16.4. The Bertz CT molecular complexity index is 581. The second kappa shape index (κ2) is 10.4. The minimum absolute atomic E-state index is 0.0171. The maximum Gasteiger partial charge on any atom is 0.242 e. The molecule has 0 saturated heterocycles. The van der Waals surface area contributed by atoms with E-state index in [1.807, 2.05) is 34.8 Å². The van der Waals surface area contributed by atoms with Gasteiger partial charge in [-0.3, -0.25) is 9.59 Å². The quantitative estimate of drug-likeness (QED) is 0.607. The highest BCUT2D eigenvalue weighted by Gasteiger charge is 2.31. The molecule has 1 aliphatic rings. The second-order valence-corrected chi connectivity index (χ2v) is 7.16. The summed E-state index contributed by atoms with van der Waals surface area (Å²) >= 11 is 0. The maximum atomic E-state index is 13.0. The van der Waals surface area contributed by atoms with Crippen molar-refractivity contribution < 1.29 is 14.3 Å². The van der Waals surface area contributed by atoms with E-state index < -0.39 is 0 Å². The number of amides is 2. The lowest BCUT2D eigenvalue weighted by atomic mass is 9.84. The molecule has 2 rings (SSSR count). The lowest BCUT2D eigenvalue weighted by molar-refractivity contribution is -0.145. The van der Waals surface area contributed by atoms with Gasteiger partial charge in [-0.1, -0.05) is 19.8 Å². The van der Waals surface area contributed by atoms with Crippen molar-refractivity contribution in [1.29, 1.82) is 0 Å². The summed E-state index contributed by atoms with van der Waals surface area (Å²) < 4.78 is 7.18. The molecule has 6 nitrogen and oxygen atoms in total. The van der Waals surface area contributed by atoms with Gasteiger partial charge in [-0.15, -0.1) is 0 Å². The molecule has 0 aromatic carbocycles. The molecule has 26 heavy (non-hydrogen) atoms. The van der Waals surface area contributed by atoms with Crippen LogP contribution in [-0.4, -0.2) is 59.5 Å². The first-order valence-electron chi connectivity index (χ1n) is 9.72. The first-order chi connectivity index (χ1) is 12.6. The molecular formula is C20H33N3O3. The van der Waals surface area contributed by atoms with E-state index in [0.717, 1.165) is 44.3 Å². The smallest absolute Gasteiger partial charge is 0.242 e. The third kappa shape index (κ3) is 5.59. The van der Waals surface area contributed by atoms with Crippen LogP contribution in [0, 0.1) is 5.92 Å². The van der Waals surface area contributed by atoms with Crippen LogP contribution < -0.4 is 0 Å². The average molecular weight is 364 g/mol. The minimum Gasteiger partial charge on any atom is -0.383 e. The Kier molecular flexibility index (Phi) is 8.16. The fourth-order valence-electron chi connectivity index (χ4n) is 3.14. The maximum absolute atomic E-state index is 13.0. The van der Waals surface area contributed by atoms with Crippen LogP contribution in [0.15, 0.2) is 18.3 Å². The van der Waals surface area contributed by atoms with Crippen LogP contribution in [0.25, 0.3) is 0 Å². The van der Waals surface area contributed by atoms with Crippen LogP contribution in [-0.2, 0) is 27.9 Å². The van der Waals surface area contributed by atoms with Crippen molar-refractivity contribution in [2.24, 2.45) is 13.0 Å². The monoisotopic (exact) mass is 363 g/mol. The molecule has 146 valence electrons. The van der Waals surface area contributed by atoms with E-state index in [0.29, 0.717) is 19.7 Å². The third-order valence-electron chi connectivity index (χ3n) is 5.20. The molecule has 2 amide bonds. The van der Waals surface area contributed by atoms with Gasteiger partial charge in [0.15, 0.2) is 0 Å². The second-order valence-electron chi connectivity index (χ2n) is 7.16. The molecule has 0 bridgehead atoms. The van der Waals surface area contributed by atoms with Crippen LogP contribution in [0.5, 0.6) is 0 Å². The predicted octanol–water partition coefficient (Wildman–Crippen LogP) is 2.43. The highest BCUT2D eigenvalue weighted by atomic mass is 16.5. The van der Waals surface area contributed by atoms with Crippen molar-refractivity contribution in [3.63, 3.8) is 0 Å². The topological polar surface area (TPSA) is 54.8 Å². The van der Waals surface area contributed by atoms with Gasteiger partial charge < -0.3 is 19.1 Å². The molecular weight excluding hydrogens is 330 g/mol. The van der Waals surface area contributed by atoms with Crippen molar-refractivity contribution >= 4 is 11.8 Å². The molecule has 1 aromatic heterocycles. The first kappa shape index (κ1) is 20.5. The number of unbranched alkanes of at least 4 members (excludes halogenated alkanes) is 1. The fraction of sp³-hybridized carbons (Fsp3) is 0.700. The van der Waals surface area contributed by atoms with E-state index in [9.17, 15) is 9.59 Å². The van der Waals surface area contributed by atoms with Crippen LogP contribution >= 0.6 is 0 Å². The molecule has 0 aliphatic heterocycles. The molecule has 1 aromatic rings. The van der Waals surface area contributed by atoms with Gasteiger partial charge >= 0.3 is 0 Å². The van der Waals surface area contributed by atoms with Gasteiger partial charge in [0.1, 0.15) is 0 Å². The number of methoxy groups -OCH3 is 1. The van der Waals surface area contributed by atoms with Crippen LogP contribution in [0.1, 0.15) is 44.7 Å². The van der Waals surface area contributed by atoms with Gasteiger partial charge in [-0.2, -0.15) is 0 Å². The highest BCUT2D eigenvalue weighted by Crippen LogP contribution is 2.28. The van der Waals surface area contributed by atoms with Crippen LogP contribution in [0.4, 0.5) is 0 Å². The summed E-state index contributed by atoms with van der Waals surface area (Å²) in [5, 5.41) is 0. The van der Waals surface area contributed by atoms with Crippen molar-refractivity contribution in [2.75, 3.05) is 33.4 Å². The lowest BCUT2D eigenvalue weighted by Crippen LogP contribution is -2.47. The largest absolute Gasteiger partial charge is 0.383 e. The summed E-state index contributed by atoms with van der Waals surface area (Å²) in [7, 11) is 3.61. The molecule has 1 heterocycles. The Labute approximate surface area is 157 Å². The van der Waals surface area contributed by atoms with Gasteiger partial charge in [-0.25, -0.2) is 0 Å². The number of hydrogen-bond donors (Lipinski definition) is 0. The summed E-state index contributed by atoms with van der Waals surface area (Å²) in [5.74, 6) is 0.219. The summed E-state index contributed by atoms with van der Waals surface area (Å²) in [5.41, 5.74) is 1.10. The zero-order valence-corrected chi connectivity index (χ0v) is 16.4. The van der Waals surface area contributed by atoms with E-state index in [-0.39, 0.29) is 24.3 Å². The first-order valence-corrected chi connectivity index (χ1v) is 9.72. The van der Waals surface area contributed by atoms with Crippen molar-refractivity contribution in [2.45, 2.75) is 45.6 Å². The van der Waals surface area contributed by atoms with Gasteiger partial charge in [0.05, 0.1) is 19.7 Å². The molecule has 1 fully saturated rings. The van der Waals surface area contributed by atoms with Crippen molar-refractivity contribution in [3.8, 4) is 0 Å². The van der Waals surface area contributed by atoms with E-state index in [4.69, 9.17) is 4.74 Å². The van der Waals surface area contributed by atoms with Crippen LogP contribution in [0.3, 0.4) is 0 Å². The number of rotatable bonds is 11. The Morgan fingerprint density at radius 1 is 1.27 bits per heavy atom. The number of ether oxygens (including phenoxy) is 1. The Morgan fingerprint density at radius 2 is 2.04 bits per heavy atom. The number of nitrogens with zero attached hydrogens (tertiary/aromatic N) is 3.